The summed E-state index contributed by atoms with van der Waals surface area (Å²) in [4.78, 5) is 4.21. The maximum Gasteiger partial charge on any atom is 0.0375 e. The molecule has 0 aliphatic rings. The Bertz CT molecular complexity index is 250. The molecule has 1 aromatic heterocycles. The maximum absolute atomic E-state index is 4.21. The Morgan fingerprint density at radius 2 is 1.83 bits per heavy atom. The quantitative estimate of drug-likeness (QED) is 0.733. The largest absolute Gasteiger partial charge is 0.261 e. The minimum atomic E-state index is 0. The SMILES string of the molecule is Br.Cc1cc(CBr)c(CBr)cn1. The first-order valence-electron chi connectivity index (χ1n) is 3.34. The molecule has 0 saturated carbocycles. The van der Waals surface area contributed by atoms with Crippen LogP contribution < -0.4 is 0 Å². The van der Waals surface area contributed by atoms with Gasteiger partial charge >= 0.3 is 0 Å². The molecule has 0 unspecified atom stereocenters. The van der Waals surface area contributed by atoms with Crippen LogP contribution in [-0.2, 0) is 10.7 Å². The molecule has 0 aliphatic carbocycles. The van der Waals surface area contributed by atoms with Crippen molar-refractivity contribution in [1.82, 2.24) is 4.98 Å². The van der Waals surface area contributed by atoms with Gasteiger partial charge in [-0.15, -0.1) is 17.0 Å². The van der Waals surface area contributed by atoms with Crippen LogP contribution in [-0.4, -0.2) is 4.98 Å². The van der Waals surface area contributed by atoms with Crippen LogP contribution in [0.4, 0.5) is 0 Å². The van der Waals surface area contributed by atoms with Gasteiger partial charge in [-0.2, -0.15) is 0 Å². The molecule has 68 valence electrons. The van der Waals surface area contributed by atoms with Crippen LogP contribution in [0.5, 0.6) is 0 Å². The van der Waals surface area contributed by atoms with Crippen LogP contribution >= 0.6 is 48.8 Å². The lowest BCUT2D eigenvalue weighted by Gasteiger charge is -2.03. The minimum absolute atomic E-state index is 0. The average Bonchev–Trinajstić information content (AvgIpc) is 2.04. The Morgan fingerprint density at radius 3 is 2.33 bits per heavy atom. The van der Waals surface area contributed by atoms with E-state index < -0.39 is 0 Å². The van der Waals surface area contributed by atoms with E-state index in [0.29, 0.717) is 0 Å². The van der Waals surface area contributed by atoms with E-state index in [-0.39, 0.29) is 17.0 Å². The van der Waals surface area contributed by atoms with E-state index in [1.165, 1.54) is 11.1 Å². The summed E-state index contributed by atoms with van der Waals surface area (Å²) in [5.41, 5.74) is 3.64. The van der Waals surface area contributed by atoms with Gasteiger partial charge in [-0.3, -0.25) is 4.98 Å². The zero-order valence-corrected chi connectivity index (χ0v) is 11.6. The van der Waals surface area contributed by atoms with Gasteiger partial charge in [0.1, 0.15) is 0 Å². The standard InChI is InChI=1S/C8H9Br2N.BrH/c1-6-2-7(3-9)8(4-10)5-11-6;/h2,5H,3-4H2,1H3;1H. The summed E-state index contributed by atoms with van der Waals surface area (Å²) in [5.74, 6) is 0. The third-order valence-electron chi connectivity index (χ3n) is 1.51. The van der Waals surface area contributed by atoms with Crippen molar-refractivity contribution in [2.24, 2.45) is 0 Å². The van der Waals surface area contributed by atoms with Crippen molar-refractivity contribution < 1.29 is 0 Å². The van der Waals surface area contributed by atoms with Crippen molar-refractivity contribution in [3.8, 4) is 0 Å². The first-order chi connectivity index (χ1) is 5.27. The molecule has 0 radical (unpaired) electrons. The summed E-state index contributed by atoms with van der Waals surface area (Å²) >= 11 is 6.85. The summed E-state index contributed by atoms with van der Waals surface area (Å²) < 4.78 is 0. The second-order valence-corrected chi connectivity index (χ2v) is 3.48. The zero-order valence-electron chi connectivity index (χ0n) is 6.68. The van der Waals surface area contributed by atoms with E-state index in [1.807, 2.05) is 13.1 Å². The summed E-state index contributed by atoms with van der Waals surface area (Å²) in [5, 5.41) is 1.78. The highest BCUT2D eigenvalue weighted by Crippen LogP contribution is 2.15. The molecule has 1 rings (SSSR count). The maximum atomic E-state index is 4.21. The van der Waals surface area contributed by atoms with Crippen molar-refractivity contribution in [2.75, 3.05) is 0 Å². The fourth-order valence-corrected chi connectivity index (χ4v) is 1.92. The second-order valence-electron chi connectivity index (χ2n) is 2.36. The van der Waals surface area contributed by atoms with E-state index in [9.17, 15) is 0 Å². The summed E-state index contributed by atoms with van der Waals surface area (Å²) in [7, 11) is 0. The van der Waals surface area contributed by atoms with Crippen LogP contribution in [0.25, 0.3) is 0 Å². The van der Waals surface area contributed by atoms with Crippen molar-refractivity contribution in [3.63, 3.8) is 0 Å². The van der Waals surface area contributed by atoms with Gasteiger partial charge < -0.3 is 0 Å². The van der Waals surface area contributed by atoms with E-state index in [2.05, 4.69) is 42.9 Å². The highest BCUT2D eigenvalue weighted by molar-refractivity contribution is 9.09. The first-order valence-corrected chi connectivity index (χ1v) is 5.58. The van der Waals surface area contributed by atoms with Crippen LogP contribution in [0.15, 0.2) is 12.3 Å². The number of nitrogens with zero attached hydrogens (tertiary/aromatic N) is 1. The van der Waals surface area contributed by atoms with Gasteiger partial charge in [-0.1, -0.05) is 31.9 Å². The van der Waals surface area contributed by atoms with Crippen LogP contribution in [0, 0.1) is 6.92 Å². The topological polar surface area (TPSA) is 12.9 Å². The molecule has 0 saturated heterocycles. The number of rotatable bonds is 2. The Hall–Kier alpha value is 0.590. The zero-order chi connectivity index (χ0) is 8.27. The summed E-state index contributed by atoms with van der Waals surface area (Å²) in [6.45, 7) is 2.00. The molecule has 0 aromatic carbocycles. The molecule has 1 nitrogen and oxygen atoms in total. The molecule has 0 fully saturated rings. The average molecular weight is 360 g/mol. The lowest BCUT2D eigenvalue weighted by Crippen LogP contribution is -1.91. The molecular formula is C8H10Br3N. The van der Waals surface area contributed by atoms with Crippen LogP contribution in [0.1, 0.15) is 16.8 Å². The van der Waals surface area contributed by atoms with E-state index in [0.717, 1.165) is 16.4 Å². The molecule has 1 heterocycles. The molecule has 4 heteroatoms. The molecule has 0 bridgehead atoms. The number of pyridine rings is 1. The van der Waals surface area contributed by atoms with Crippen molar-refractivity contribution >= 4 is 48.8 Å². The number of aromatic nitrogens is 1. The van der Waals surface area contributed by atoms with Gasteiger partial charge in [0.2, 0.25) is 0 Å². The normalized spacial score (nSPS) is 9.25. The van der Waals surface area contributed by atoms with Crippen molar-refractivity contribution in [1.29, 1.82) is 0 Å². The molecule has 0 amide bonds. The summed E-state index contributed by atoms with van der Waals surface area (Å²) in [6, 6.07) is 2.10. The van der Waals surface area contributed by atoms with Gasteiger partial charge in [0, 0.05) is 22.6 Å². The van der Waals surface area contributed by atoms with Gasteiger partial charge in [0.15, 0.2) is 0 Å². The lowest BCUT2D eigenvalue weighted by molar-refractivity contribution is 1.13. The summed E-state index contributed by atoms with van der Waals surface area (Å²) in [6.07, 6.45) is 1.92. The predicted molar refractivity (Wildman–Crippen MR) is 64.6 cm³/mol. The lowest BCUT2D eigenvalue weighted by atomic mass is 10.2. The fraction of sp³-hybridized carbons (Fsp3) is 0.375. The monoisotopic (exact) mass is 357 g/mol. The van der Waals surface area contributed by atoms with Gasteiger partial charge in [-0.05, 0) is 24.1 Å². The smallest absolute Gasteiger partial charge is 0.0375 e. The molecule has 0 atom stereocenters. The highest BCUT2D eigenvalue weighted by atomic mass is 79.9. The molecule has 0 spiro atoms. The highest BCUT2D eigenvalue weighted by Gasteiger charge is 1.99. The molecule has 1 aromatic rings. The number of aryl methyl sites for hydroxylation is 1. The first kappa shape index (κ1) is 12.6. The predicted octanol–water partition coefficient (Wildman–Crippen LogP) is 3.76. The Morgan fingerprint density at radius 1 is 1.25 bits per heavy atom. The van der Waals surface area contributed by atoms with Crippen molar-refractivity contribution in [2.45, 2.75) is 17.6 Å². The van der Waals surface area contributed by atoms with E-state index in [1.54, 1.807) is 0 Å². The van der Waals surface area contributed by atoms with Crippen molar-refractivity contribution in [3.05, 3.63) is 29.1 Å². The second kappa shape index (κ2) is 6.11. The molecule has 12 heavy (non-hydrogen) atoms. The van der Waals surface area contributed by atoms with E-state index in [4.69, 9.17) is 0 Å². The molecule has 0 aliphatic heterocycles. The third kappa shape index (κ3) is 3.15. The Labute approximate surface area is 100.0 Å². The van der Waals surface area contributed by atoms with Crippen LogP contribution in [0.3, 0.4) is 0 Å². The molecular weight excluding hydrogens is 350 g/mol. The van der Waals surface area contributed by atoms with Gasteiger partial charge in [-0.25, -0.2) is 0 Å². The number of alkyl halides is 2. The van der Waals surface area contributed by atoms with Gasteiger partial charge in [0.25, 0.3) is 0 Å². The van der Waals surface area contributed by atoms with E-state index >= 15 is 0 Å². The molecule has 0 N–H and O–H groups in total. The Kier molecular flexibility index (Phi) is 6.41. The fourth-order valence-electron chi connectivity index (χ4n) is 0.889. The number of halogens is 3. The third-order valence-corrected chi connectivity index (χ3v) is 2.72. The number of hydrogen-bond acceptors (Lipinski definition) is 1. The Balaban J connectivity index is 0.00000121. The van der Waals surface area contributed by atoms with Crippen LogP contribution in [0.2, 0.25) is 0 Å². The minimum Gasteiger partial charge on any atom is -0.261 e. The number of hydrogen-bond donors (Lipinski definition) is 0. The van der Waals surface area contributed by atoms with Gasteiger partial charge in [0.05, 0.1) is 0 Å².